The highest BCUT2D eigenvalue weighted by Crippen LogP contribution is 2.35. The Labute approximate surface area is 184 Å². The van der Waals surface area contributed by atoms with Gasteiger partial charge < -0.3 is 15.4 Å². The maximum Gasteiger partial charge on any atom is 0.223 e. The predicted octanol–water partition coefficient (Wildman–Crippen LogP) is 4.06. The topological polar surface area (TPSA) is 95.8 Å². The summed E-state index contributed by atoms with van der Waals surface area (Å²) in [6.45, 7) is 0.669. The summed E-state index contributed by atoms with van der Waals surface area (Å²) in [6, 6.07) is 15.7. The summed E-state index contributed by atoms with van der Waals surface area (Å²) in [5.41, 5.74) is 4.07. The maximum absolute atomic E-state index is 9.80. The van der Waals surface area contributed by atoms with Crippen molar-refractivity contribution in [3.8, 4) is 11.8 Å². The van der Waals surface area contributed by atoms with Gasteiger partial charge in [0.15, 0.2) is 0 Å². The molecule has 0 saturated heterocycles. The van der Waals surface area contributed by atoms with Crippen molar-refractivity contribution >= 4 is 29.0 Å². The van der Waals surface area contributed by atoms with Crippen molar-refractivity contribution in [2.45, 2.75) is 6.42 Å². The first-order valence-corrected chi connectivity index (χ1v) is 10.5. The standard InChI is InChI=1S/C23H20N6OS/c1-30-18-6-2-5-17(12-18)21-15-31-22(28-21)19(13-24)20-8-11-27-23(29-20)26-10-7-16-4-3-9-25-14-16/h2-6,8-9,11-12,14-15,28H,7,10H2,1H3,(H,26,27,29). The number of aromatic nitrogens is 3. The largest absolute Gasteiger partial charge is 0.497 e. The minimum absolute atomic E-state index is 0.469. The van der Waals surface area contributed by atoms with Gasteiger partial charge in [0.1, 0.15) is 17.4 Å². The lowest BCUT2D eigenvalue weighted by Crippen LogP contribution is -2.10. The van der Waals surface area contributed by atoms with E-state index in [1.54, 1.807) is 25.6 Å². The summed E-state index contributed by atoms with van der Waals surface area (Å²) in [5.74, 6) is 1.26. The fraction of sp³-hybridized carbons (Fsp3) is 0.130. The van der Waals surface area contributed by atoms with Crippen molar-refractivity contribution in [1.82, 2.24) is 20.3 Å². The summed E-state index contributed by atoms with van der Waals surface area (Å²) in [7, 11) is 1.64. The number of thioether (sulfide) groups is 1. The highest BCUT2D eigenvalue weighted by molar-refractivity contribution is 8.06. The summed E-state index contributed by atoms with van der Waals surface area (Å²) < 4.78 is 5.30. The molecule has 2 aromatic heterocycles. The Morgan fingerprint density at radius 3 is 2.97 bits per heavy atom. The Hall–Kier alpha value is -3.83. The number of anilines is 1. The normalized spacial score (nSPS) is 14.3. The Bertz CT molecular complexity index is 1170. The smallest absolute Gasteiger partial charge is 0.223 e. The highest BCUT2D eigenvalue weighted by atomic mass is 32.2. The van der Waals surface area contributed by atoms with Crippen LogP contribution in [-0.4, -0.2) is 28.6 Å². The molecule has 0 saturated carbocycles. The molecule has 3 heterocycles. The van der Waals surface area contributed by atoms with Gasteiger partial charge in [-0.3, -0.25) is 4.98 Å². The van der Waals surface area contributed by atoms with Crippen molar-refractivity contribution in [3.63, 3.8) is 0 Å². The number of ether oxygens (including phenoxy) is 1. The molecule has 1 aliphatic rings. The van der Waals surface area contributed by atoms with E-state index in [4.69, 9.17) is 4.74 Å². The quantitative estimate of drug-likeness (QED) is 0.544. The first kappa shape index (κ1) is 20.4. The zero-order valence-corrected chi connectivity index (χ0v) is 17.7. The van der Waals surface area contributed by atoms with Crippen molar-refractivity contribution < 1.29 is 4.74 Å². The van der Waals surface area contributed by atoms with E-state index in [9.17, 15) is 5.26 Å². The van der Waals surface area contributed by atoms with E-state index in [2.05, 4.69) is 31.7 Å². The van der Waals surface area contributed by atoms with Crippen LogP contribution in [0.1, 0.15) is 16.8 Å². The summed E-state index contributed by atoms with van der Waals surface area (Å²) in [6.07, 6.45) is 6.05. The Morgan fingerprint density at radius 2 is 2.16 bits per heavy atom. The number of methoxy groups -OCH3 is 1. The van der Waals surface area contributed by atoms with E-state index >= 15 is 0 Å². The average Bonchev–Trinajstić information content (AvgIpc) is 3.31. The molecule has 8 heteroatoms. The molecule has 0 atom stereocenters. The second kappa shape index (κ2) is 9.78. The molecule has 0 amide bonds. The lowest BCUT2D eigenvalue weighted by molar-refractivity contribution is 0.414. The van der Waals surface area contributed by atoms with Gasteiger partial charge in [0, 0.05) is 36.1 Å². The van der Waals surface area contributed by atoms with Crippen LogP contribution in [0.5, 0.6) is 5.75 Å². The van der Waals surface area contributed by atoms with Crippen LogP contribution in [0, 0.1) is 11.3 Å². The number of hydrogen-bond acceptors (Lipinski definition) is 8. The van der Waals surface area contributed by atoms with Gasteiger partial charge in [-0.2, -0.15) is 5.26 Å². The number of nitrogens with zero attached hydrogens (tertiary/aromatic N) is 4. The molecule has 0 radical (unpaired) electrons. The van der Waals surface area contributed by atoms with Crippen LogP contribution < -0.4 is 15.4 Å². The van der Waals surface area contributed by atoms with Gasteiger partial charge in [0.2, 0.25) is 5.95 Å². The Morgan fingerprint density at radius 1 is 1.23 bits per heavy atom. The van der Waals surface area contributed by atoms with Gasteiger partial charge in [-0.05, 0) is 36.2 Å². The number of rotatable bonds is 7. The van der Waals surface area contributed by atoms with Crippen LogP contribution in [-0.2, 0) is 6.42 Å². The van der Waals surface area contributed by atoms with Crippen molar-refractivity contribution in [2.24, 2.45) is 0 Å². The van der Waals surface area contributed by atoms with Crippen molar-refractivity contribution in [1.29, 1.82) is 5.26 Å². The van der Waals surface area contributed by atoms with E-state index < -0.39 is 0 Å². The number of hydrogen-bond donors (Lipinski definition) is 2. The third-order valence-electron chi connectivity index (χ3n) is 4.59. The van der Waals surface area contributed by atoms with Gasteiger partial charge in [0.25, 0.3) is 0 Å². The van der Waals surface area contributed by atoms with Crippen LogP contribution >= 0.6 is 11.8 Å². The van der Waals surface area contributed by atoms with E-state index in [1.807, 2.05) is 48.0 Å². The molecule has 4 rings (SSSR count). The van der Waals surface area contributed by atoms with E-state index in [-0.39, 0.29) is 0 Å². The summed E-state index contributed by atoms with van der Waals surface area (Å²) in [5, 5.41) is 19.1. The highest BCUT2D eigenvalue weighted by Gasteiger charge is 2.19. The SMILES string of the molecule is COc1cccc(C2=CSC(=C(C#N)c3ccnc(NCCc4cccnc4)n3)N2)c1. The van der Waals surface area contributed by atoms with Gasteiger partial charge in [-0.15, -0.1) is 0 Å². The van der Waals surface area contributed by atoms with Gasteiger partial charge in [0.05, 0.1) is 23.5 Å². The van der Waals surface area contributed by atoms with E-state index in [0.717, 1.165) is 34.0 Å². The summed E-state index contributed by atoms with van der Waals surface area (Å²) >= 11 is 1.46. The van der Waals surface area contributed by atoms with Crippen LogP contribution in [0.3, 0.4) is 0 Å². The van der Waals surface area contributed by atoms with Gasteiger partial charge >= 0.3 is 0 Å². The molecule has 3 aromatic rings. The minimum atomic E-state index is 0.469. The molecule has 1 aliphatic heterocycles. The monoisotopic (exact) mass is 428 g/mol. The maximum atomic E-state index is 9.80. The number of allylic oxidation sites excluding steroid dienone is 1. The Kier molecular flexibility index (Phi) is 6.45. The summed E-state index contributed by atoms with van der Waals surface area (Å²) in [4.78, 5) is 12.9. The lowest BCUT2D eigenvalue weighted by atomic mass is 10.1. The molecule has 7 nitrogen and oxygen atoms in total. The molecular weight excluding hydrogens is 408 g/mol. The molecule has 0 aliphatic carbocycles. The average molecular weight is 429 g/mol. The van der Waals surface area contributed by atoms with Gasteiger partial charge in [-0.1, -0.05) is 30.0 Å². The molecule has 1 aromatic carbocycles. The first-order valence-electron chi connectivity index (χ1n) is 9.65. The molecule has 31 heavy (non-hydrogen) atoms. The van der Waals surface area contributed by atoms with Crippen LogP contribution in [0.4, 0.5) is 5.95 Å². The fourth-order valence-electron chi connectivity index (χ4n) is 3.02. The van der Waals surface area contributed by atoms with Crippen LogP contribution in [0.15, 0.2) is 71.5 Å². The molecular formula is C23H20N6OS. The first-order chi connectivity index (χ1) is 15.3. The third-order valence-corrected chi connectivity index (χ3v) is 5.49. The predicted molar refractivity (Wildman–Crippen MR) is 123 cm³/mol. The van der Waals surface area contributed by atoms with E-state index in [0.29, 0.717) is 23.8 Å². The molecule has 0 spiro atoms. The number of benzene rings is 1. The second-order valence-corrected chi connectivity index (χ2v) is 7.51. The van der Waals surface area contributed by atoms with Crippen molar-refractivity contribution in [3.05, 3.63) is 88.3 Å². The molecule has 0 fully saturated rings. The number of nitrogens with one attached hydrogen (secondary N) is 2. The molecule has 0 unspecified atom stereocenters. The molecule has 2 N–H and O–H groups in total. The third kappa shape index (κ3) is 5.02. The molecule has 0 bridgehead atoms. The fourth-order valence-corrected chi connectivity index (χ4v) is 3.89. The second-order valence-electron chi connectivity index (χ2n) is 6.63. The zero-order valence-electron chi connectivity index (χ0n) is 16.9. The number of pyridine rings is 1. The molecule has 154 valence electrons. The minimum Gasteiger partial charge on any atom is -0.497 e. The number of nitriles is 1. The van der Waals surface area contributed by atoms with E-state index in [1.165, 1.54) is 11.8 Å². The van der Waals surface area contributed by atoms with Crippen LogP contribution in [0.2, 0.25) is 0 Å². The van der Waals surface area contributed by atoms with Crippen LogP contribution in [0.25, 0.3) is 11.3 Å². The van der Waals surface area contributed by atoms with Crippen molar-refractivity contribution in [2.75, 3.05) is 19.0 Å². The zero-order chi connectivity index (χ0) is 21.5. The van der Waals surface area contributed by atoms with Gasteiger partial charge in [-0.25, -0.2) is 9.97 Å². The lowest BCUT2D eigenvalue weighted by Gasteiger charge is -2.09. The Balaban J connectivity index is 1.47.